The van der Waals surface area contributed by atoms with Gasteiger partial charge in [-0.25, -0.2) is 0 Å². The molecule has 0 saturated heterocycles. The van der Waals surface area contributed by atoms with E-state index < -0.39 is 0 Å². The molecular weight excluding hydrogens is 464 g/mol. The van der Waals surface area contributed by atoms with Crippen LogP contribution >= 0.6 is 11.6 Å². The smallest absolute Gasteiger partial charge is 0.306 e. The Morgan fingerprint density at radius 3 is 2.40 bits per heavy atom. The standard InChI is InChI=1S/C28H25ClN2O4/c29-12-3-4-13-35-25(34)11-10-17-6-5-8-19-21(16-31-28(17)19)27-24(33)14-23(32)26(27)20-15-30-22-9-2-1-7-18(20)22/h1-2,5-9,15-16,30-31H,3-4,10-14H2. The van der Waals surface area contributed by atoms with Gasteiger partial charge in [-0.2, -0.15) is 0 Å². The van der Waals surface area contributed by atoms with Gasteiger partial charge in [0.2, 0.25) is 0 Å². The number of Topliss-reactive ketones (excluding diaryl/α,β-unsaturated/α-hetero) is 2. The van der Waals surface area contributed by atoms with Crippen molar-refractivity contribution in [1.29, 1.82) is 0 Å². The van der Waals surface area contributed by atoms with Crippen LogP contribution < -0.4 is 0 Å². The fraction of sp³-hybridized carbons (Fsp3) is 0.250. The van der Waals surface area contributed by atoms with Crippen LogP contribution in [0.15, 0.2) is 54.9 Å². The second-order valence-electron chi connectivity index (χ2n) is 8.68. The van der Waals surface area contributed by atoms with Gasteiger partial charge < -0.3 is 14.7 Å². The molecule has 2 N–H and O–H groups in total. The highest BCUT2D eigenvalue weighted by atomic mass is 35.5. The molecule has 1 aliphatic carbocycles. The fourth-order valence-electron chi connectivity index (χ4n) is 4.77. The lowest BCUT2D eigenvalue weighted by atomic mass is 9.95. The summed E-state index contributed by atoms with van der Waals surface area (Å²) in [5.41, 5.74) is 5.08. The van der Waals surface area contributed by atoms with E-state index in [1.165, 1.54) is 0 Å². The number of H-pyrrole nitrogens is 2. The minimum absolute atomic E-state index is 0.133. The Bertz CT molecular complexity index is 1480. The highest BCUT2D eigenvalue weighted by Crippen LogP contribution is 2.40. The number of alkyl halides is 1. The summed E-state index contributed by atoms with van der Waals surface area (Å²) in [6.07, 6.45) is 5.80. The number of halogens is 1. The molecule has 0 unspecified atom stereocenters. The Morgan fingerprint density at radius 2 is 1.60 bits per heavy atom. The number of benzene rings is 2. The fourth-order valence-corrected chi connectivity index (χ4v) is 4.96. The lowest BCUT2D eigenvalue weighted by molar-refractivity contribution is -0.143. The summed E-state index contributed by atoms with van der Waals surface area (Å²) < 4.78 is 5.28. The highest BCUT2D eigenvalue weighted by molar-refractivity contribution is 6.52. The van der Waals surface area contributed by atoms with Gasteiger partial charge in [-0.15, -0.1) is 11.6 Å². The third-order valence-electron chi connectivity index (χ3n) is 6.45. The van der Waals surface area contributed by atoms with Gasteiger partial charge in [0.1, 0.15) is 0 Å². The first-order chi connectivity index (χ1) is 17.1. The number of rotatable bonds is 9. The van der Waals surface area contributed by atoms with Crippen LogP contribution in [0.4, 0.5) is 0 Å². The van der Waals surface area contributed by atoms with Crippen molar-refractivity contribution >= 4 is 62.1 Å². The van der Waals surface area contributed by atoms with Gasteiger partial charge in [-0.05, 0) is 30.9 Å². The van der Waals surface area contributed by atoms with Crippen LogP contribution in [-0.2, 0) is 25.5 Å². The molecule has 178 valence electrons. The van der Waals surface area contributed by atoms with Gasteiger partial charge in [0.15, 0.2) is 11.6 Å². The van der Waals surface area contributed by atoms with E-state index in [4.69, 9.17) is 16.3 Å². The number of hydrogen-bond donors (Lipinski definition) is 2. The van der Waals surface area contributed by atoms with Crippen molar-refractivity contribution in [2.24, 2.45) is 0 Å². The van der Waals surface area contributed by atoms with Crippen LogP contribution in [0.3, 0.4) is 0 Å². The maximum atomic E-state index is 13.0. The molecule has 2 aromatic heterocycles. The van der Waals surface area contributed by atoms with E-state index in [9.17, 15) is 14.4 Å². The monoisotopic (exact) mass is 488 g/mol. The van der Waals surface area contributed by atoms with E-state index in [0.717, 1.165) is 45.8 Å². The van der Waals surface area contributed by atoms with E-state index in [0.29, 0.717) is 35.6 Å². The molecule has 0 spiro atoms. The third kappa shape index (κ3) is 4.42. The second kappa shape index (κ2) is 9.92. The van der Waals surface area contributed by atoms with E-state index in [2.05, 4.69) is 9.97 Å². The summed E-state index contributed by atoms with van der Waals surface area (Å²) in [7, 11) is 0. The number of para-hydroxylation sites is 2. The van der Waals surface area contributed by atoms with Crippen LogP contribution in [0.5, 0.6) is 0 Å². The summed E-state index contributed by atoms with van der Waals surface area (Å²) in [6.45, 7) is 0.378. The number of ketones is 2. The molecule has 0 radical (unpaired) electrons. The second-order valence-corrected chi connectivity index (χ2v) is 9.06. The number of aromatic amines is 2. The number of hydrogen-bond acceptors (Lipinski definition) is 4. The Morgan fingerprint density at radius 1 is 0.886 bits per heavy atom. The molecular formula is C28H25ClN2O4. The van der Waals surface area contributed by atoms with Gasteiger partial charge in [0.25, 0.3) is 0 Å². The van der Waals surface area contributed by atoms with Crippen molar-refractivity contribution in [2.45, 2.75) is 32.1 Å². The zero-order valence-corrected chi connectivity index (χ0v) is 19.9. The molecule has 0 amide bonds. The number of fused-ring (bicyclic) bond motifs is 2. The van der Waals surface area contributed by atoms with E-state index in [-0.39, 0.29) is 30.4 Å². The summed E-state index contributed by atoms with van der Waals surface area (Å²) in [5, 5.41) is 1.77. The maximum Gasteiger partial charge on any atom is 0.306 e. The van der Waals surface area contributed by atoms with Crippen molar-refractivity contribution in [3.05, 3.63) is 71.5 Å². The van der Waals surface area contributed by atoms with Gasteiger partial charge in [0.05, 0.1) is 13.0 Å². The number of ether oxygens (including phenoxy) is 1. The number of allylic oxidation sites excluding steroid dienone is 2. The number of nitrogens with one attached hydrogen (secondary N) is 2. The SMILES string of the molecule is O=C(CCc1cccc2c(C3=C(c4c[nH]c5ccccc45)C(=O)CC3=O)c[nH]c12)OCCCCCl. The zero-order valence-electron chi connectivity index (χ0n) is 19.2. The summed E-state index contributed by atoms with van der Waals surface area (Å²) in [5.74, 6) is -0.0371. The van der Waals surface area contributed by atoms with Gasteiger partial charge in [-0.3, -0.25) is 14.4 Å². The molecule has 5 rings (SSSR count). The maximum absolute atomic E-state index is 13.0. The minimum atomic E-state index is -0.246. The Hall–Kier alpha value is -3.64. The lowest BCUT2D eigenvalue weighted by Crippen LogP contribution is -2.07. The summed E-state index contributed by atoms with van der Waals surface area (Å²) >= 11 is 5.65. The van der Waals surface area contributed by atoms with Gasteiger partial charge in [0, 0.05) is 68.8 Å². The first-order valence-electron chi connectivity index (χ1n) is 11.8. The van der Waals surface area contributed by atoms with Crippen LogP contribution in [0.1, 0.15) is 42.4 Å². The third-order valence-corrected chi connectivity index (χ3v) is 6.72. The number of carbonyl (C=O) groups is 3. The molecule has 0 bridgehead atoms. The van der Waals surface area contributed by atoms with Crippen molar-refractivity contribution < 1.29 is 19.1 Å². The topological polar surface area (TPSA) is 92.0 Å². The van der Waals surface area contributed by atoms with E-state index >= 15 is 0 Å². The number of aryl methyl sites for hydroxylation is 1. The predicted molar refractivity (Wildman–Crippen MR) is 137 cm³/mol. The predicted octanol–water partition coefficient (Wildman–Crippen LogP) is 5.60. The van der Waals surface area contributed by atoms with Gasteiger partial charge >= 0.3 is 5.97 Å². The molecule has 4 aromatic rings. The van der Waals surface area contributed by atoms with E-state index in [1.807, 2.05) is 42.5 Å². The largest absolute Gasteiger partial charge is 0.466 e. The van der Waals surface area contributed by atoms with Crippen LogP contribution in [0, 0.1) is 0 Å². The zero-order chi connectivity index (χ0) is 24.4. The van der Waals surface area contributed by atoms with Crippen molar-refractivity contribution in [2.75, 3.05) is 12.5 Å². The molecule has 0 fully saturated rings. The number of unbranched alkanes of at least 4 members (excludes halogenated alkanes) is 1. The quantitative estimate of drug-likeness (QED) is 0.139. The molecule has 2 heterocycles. The van der Waals surface area contributed by atoms with Crippen LogP contribution in [0.2, 0.25) is 0 Å². The summed E-state index contributed by atoms with van der Waals surface area (Å²) in [4.78, 5) is 44.6. The first-order valence-corrected chi connectivity index (χ1v) is 12.3. The Labute approximate surface area is 207 Å². The average molecular weight is 489 g/mol. The number of esters is 1. The molecule has 2 aromatic carbocycles. The molecule has 0 aliphatic heterocycles. The number of carbonyl (C=O) groups excluding carboxylic acids is 3. The average Bonchev–Trinajstić information content (AvgIpc) is 3.55. The lowest BCUT2D eigenvalue weighted by Gasteiger charge is -2.07. The van der Waals surface area contributed by atoms with E-state index in [1.54, 1.807) is 12.4 Å². The van der Waals surface area contributed by atoms with Crippen LogP contribution in [-0.4, -0.2) is 40.0 Å². The van der Waals surface area contributed by atoms with Crippen molar-refractivity contribution in [1.82, 2.24) is 9.97 Å². The molecule has 0 atom stereocenters. The molecule has 6 nitrogen and oxygen atoms in total. The first kappa shape index (κ1) is 23.1. The van der Waals surface area contributed by atoms with Crippen LogP contribution in [0.25, 0.3) is 33.0 Å². The Balaban J connectivity index is 1.48. The minimum Gasteiger partial charge on any atom is -0.466 e. The van der Waals surface area contributed by atoms with Crippen molar-refractivity contribution in [3.8, 4) is 0 Å². The summed E-state index contributed by atoms with van der Waals surface area (Å²) in [6, 6.07) is 13.5. The van der Waals surface area contributed by atoms with Crippen molar-refractivity contribution in [3.63, 3.8) is 0 Å². The molecule has 35 heavy (non-hydrogen) atoms. The van der Waals surface area contributed by atoms with Gasteiger partial charge in [-0.1, -0.05) is 36.4 Å². The normalized spacial score (nSPS) is 14.0. The Kier molecular flexibility index (Phi) is 6.55. The molecule has 7 heteroatoms. The highest BCUT2D eigenvalue weighted by Gasteiger charge is 2.34. The number of aromatic nitrogens is 2. The molecule has 1 aliphatic rings. The molecule has 0 saturated carbocycles.